The number of alkyl carbamates (subject to hydrolysis) is 1. The summed E-state index contributed by atoms with van der Waals surface area (Å²) in [5.74, 6) is -0.777. The zero-order chi connectivity index (χ0) is 30.0. The average molecular weight is 578 g/mol. The van der Waals surface area contributed by atoms with E-state index in [1.54, 1.807) is 31.7 Å². The second-order valence-electron chi connectivity index (χ2n) is 11.0. The first-order valence-electron chi connectivity index (χ1n) is 13.9. The Balaban J connectivity index is 2.05. The topological polar surface area (TPSA) is 87.7 Å². The maximum Gasteiger partial charge on any atom is 0.408 e. The summed E-state index contributed by atoms with van der Waals surface area (Å²) >= 11 is 6.44. The molecule has 0 heterocycles. The highest BCUT2D eigenvalue weighted by Crippen LogP contribution is 2.30. The molecule has 41 heavy (non-hydrogen) atoms. The molecule has 3 aromatic rings. The highest BCUT2D eigenvalue weighted by molar-refractivity contribution is 6.34. The lowest BCUT2D eigenvalue weighted by atomic mass is 9.99. The van der Waals surface area contributed by atoms with Gasteiger partial charge in [-0.15, -0.1) is 0 Å². The number of hydrogen-bond acceptors (Lipinski definition) is 4. The van der Waals surface area contributed by atoms with Crippen molar-refractivity contribution in [2.24, 2.45) is 0 Å². The van der Waals surface area contributed by atoms with E-state index in [4.69, 9.17) is 16.3 Å². The Bertz CT molecular complexity index is 1290. The van der Waals surface area contributed by atoms with E-state index in [2.05, 4.69) is 10.6 Å². The molecule has 3 amide bonds. The standard InChI is InChI=1S/C33H40ClN3O4/c1-6-7-21-37(31(39)27(22-24-16-10-8-11-17-24)35-32(40)41-33(3,4)5)29(25-18-12-9-13-19-25)30(38)36-28-23(2)15-14-20-26(28)34/h8-20,27,29H,6-7,21-22H2,1-5H3,(H,35,40)(H,36,38). The van der Waals surface area contributed by atoms with Crippen LogP contribution in [0, 0.1) is 6.92 Å². The van der Waals surface area contributed by atoms with Gasteiger partial charge >= 0.3 is 6.09 Å². The van der Waals surface area contributed by atoms with Crippen LogP contribution in [0.4, 0.5) is 10.5 Å². The van der Waals surface area contributed by atoms with Crippen molar-refractivity contribution in [3.8, 4) is 0 Å². The summed E-state index contributed by atoms with van der Waals surface area (Å²) in [4.78, 5) is 42.9. The van der Waals surface area contributed by atoms with Gasteiger partial charge in [-0.3, -0.25) is 9.59 Å². The van der Waals surface area contributed by atoms with E-state index in [0.717, 1.165) is 17.5 Å². The molecule has 0 aliphatic carbocycles. The third-order valence-corrected chi connectivity index (χ3v) is 6.77. The Kier molecular flexibility index (Phi) is 11.4. The van der Waals surface area contributed by atoms with Crippen molar-refractivity contribution < 1.29 is 19.1 Å². The van der Waals surface area contributed by atoms with Gasteiger partial charge in [-0.1, -0.05) is 97.7 Å². The van der Waals surface area contributed by atoms with Gasteiger partial charge in [-0.05, 0) is 56.9 Å². The summed E-state index contributed by atoms with van der Waals surface area (Å²) in [6.07, 6.45) is 1.00. The Labute approximate surface area is 248 Å². The van der Waals surface area contributed by atoms with Crippen LogP contribution in [0.5, 0.6) is 0 Å². The zero-order valence-electron chi connectivity index (χ0n) is 24.4. The predicted octanol–water partition coefficient (Wildman–Crippen LogP) is 7.09. The molecule has 218 valence electrons. The molecule has 0 aliphatic rings. The lowest BCUT2D eigenvalue weighted by Gasteiger charge is -2.34. The highest BCUT2D eigenvalue weighted by atomic mass is 35.5. The summed E-state index contributed by atoms with van der Waals surface area (Å²) in [5.41, 5.74) is 2.07. The van der Waals surface area contributed by atoms with Gasteiger partial charge < -0.3 is 20.3 Å². The SMILES string of the molecule is CCCCN(C(=O)C(Cc1ccccc1)NC(=O)OC(C)(C)C)C(C(=O)Nc1c(C)cccc1Cl)c1ccccc1. The molecule has 0 saturated carbocycles. The minimum absolute atomic E-state index is 0.230. The molecule has 2 unspecified atom stereocenters. The van der Waals surface area contributed by atoms with Crippen LogP contribution in [-0.4, -0.2) is 41.0 Å². The van der Waals surface area contributed by atoms with E-state index in [1.165, 1.54) is 0 Å². The molecule has 2 N–H and O–H groups in total. The number of rotatable bonds is 11. The number of halogens is 1. The molecule has 8 heteroatoms. The van der Waals surface area contributed by atoms with Crippen molar-refractivity contribution in [3.05, 3.63) is 101 Å². The Hall–Kier alpha value is -3.84. The third kappa shape index (κ3) is 9.35. The van der Waals surface area contributed by atoms with E-state index >= 15 is 0 Å². The fourth-order valence-corrected chi connectivity index (χ4v) is 4.75. The van der Waals surface area contributed by atoms with Gasteiger partial charge in [0.15, 0.2) is 0 Å². The van der Waals surface area contributed by atoms with Gasteiger partial charge in [0, 0.05) is 13.0 Å². The minimum atomic E-state index is -0.968. The molecular weight excluding hydrogens is 538 g/mol. The van der Waals surface area contributed by atoms with Crippen molar-refractivity contribution in [2.75, 3.05) is 11.9 Å². The number of unbranched alkanes of at least 4 members (excludes halogenated alkanes) is 1. The summed E-state index contributed by atoms with van der Waals surface area (Å²) in [7, 11) is 0. The van der Waals surface area contributed by atoms with E-state index in [1.807, 2.05) is 86.6 Å². The van der Waals surface area contributed by atoms with Crippen molar-refractivity contribution in [3.63, 3.8) is 0 Å². The molecule has 0 radical (unpaired) electrons. The van der Waals surface area contributed by atoms with Gasteiger partial charge in [0.25, 0.3) is 5.91 Å². The predicted molar refractivity (Wildman–Crippen MR) is 164 cm³/mol. The van der Waals surface area contributed by atoms with E-state index in [9.17, 15) is 14.4 Å². The van der Waals surface area contributed by atoms with Crippen molar-refractivity contribution >= 4 is 35.2 Å². The number of aryl methyl sites for hydroxylation is 1. The fourth-order valence-electron chi connectivity index (χ4n) is 4.48. The smallest absolute Gasteiger partial charge is 0.408 e. The molecule has 3 rings (SSSR count). The number of nitrogens with one attached hydrogen (secondary N) is 2. The number of nitrogens with zero attached hydrogens (tertiary/aromatic N) is 1. The van der Waals surface area contributed by atoms with Crippen LogP contribution < -0.4 is 10.6 Å². The summed E-state index contributed by atoms with van der Waals surface area (Å²) in [6.45, 7) is 9.49. The van der Waals surface area contributed by atoms with Crippen LogP contribution in [0.15, 0.2) is 78.9 Å². The molecule has 0 spiro atoms. The van der Waals surface area contributed by atoms with Gasteiger partial charge in [0.1, 0.15) is 17.7 Å². The normalized spacial score (nSPS) is 12.6. The van der Waals surface area contributed by atoms with Crippen LogP contribution in [0.1, 0.15) is 63.3 Å². The highest BCUT2D eigenvalue weighted by Gasteiger charge is 2.36. The van der Waals surface area contributed by atoms with Crippen molar-refractivity contribution in [2.45, 2.75) is 71.6 Å². The molecule has 2 atom stereocenters. The minimum Gasteiger partial charge on any atom is -0.444 e. The molecule has 0 saturated heterocycles. The number of benzene rings is 3. The quantitative estimate of drug-likeness (QED) is 0.254. The zero-order valence-corrected chi connectivity index (χ0v) is 25.2. The fraction of sp³-hybridized carbons (Fsp3) is 0.364. The van der Waals surface area contributed by atoms with Crippen LogP contribution in [0.2, 0.25) is 5.02 Å². The molecule has 0 aliphatic heterocycles. The summed E-state index contributed by atoms with van der Waals surface area (Å²) in [6, 6.07) is 22.1. The lowest BCUT2D eigenvalue weighted by Crippen LogP contribution is -2.53. The number of carbonyl (C=O) groups excluding carboxylic acids is 3. The molecule has 3 aromatic carbocycles. The summed E-state index contributed by atoms with van der Waals surface area (Å²) < 4.78 is 5.50. The van der Waals surface area contributed by atoms with Crippen LogP contribution in [0.25, 0.3) is 0 Å². The Morgan fingerprint density at radius 1 is 0.927 bits per heavy atom. The molecule has 0 bridgehead atoms. The van der Waals surface area contributed by atoms with Crippen molar-refractivity contribution in [1.29, 1.82) is 0 Å². The Morgan fingerprint density at radius 2 is 1.56 bits per heavy atom. The monoisotopic (exact) mass is 577 g/mol. The first kappa shape index (κ1) is 31.7. The molecule has 0 fully saturated rings. The average Bonchev–Trinajstić information content (AvgIpc) is 2.92. The maximum atomic E-state index is 14.4. The van der Waals surface area contributed by atoms with E-state index in [0.29, 0.717) is 29.2 Å². The van der Waals surface area contributed by atoms with Crippen LogP contribution in [0.3, 0.4) is 0 Å². The van der Waals surface area contributed by atoms with Crippen LogP contribution in [-0.2, 0) is 20.7 Å². The number of hydrogen-bond donors (Lipinski definition) is 2. The number of anilines is 1. The lowest BCUT2D eigenvalue weighted by molar-refractivity contribution is -0.140. The first-order valence-corrected chi connectivity index (χ1v) is 14.3. The number of amides is 3. The Morgan fingerprint density at radius 3 is 2.15 bits per heavy atom. The second-order valence-corrected chi connectivity index (χ2v) is 11.4. The van der Waals surface area contributed by atoms with Gasteiger partial charge in [0.2, 0.25) is 5.91 Å². The maximum absolute atomic E-state index is 14.4. The number of para-hydroxylation sites is 1. The molecule has 7 nitrogen and oxygen atoms in total. The summed E-state index contributed by atoms with van der Waals surface area (Å²) in [5, 5.41) is 6.17. The van der Waals surface area contributed by atoms with Gasteiger partial charge in [0.05, 0.1) is 10.7 Å². The first-order chi connectivity index (χ1) is 19.5. The van der Waals surface area contributed by atoms with Gasteiger partial charge in [-0.2, -0.15) is 0 Å². The van der Waals surface area contributed by atoms with E-state index in [-0.39, 0.29) is 12.3 Å². The third-order valence-electron chi connectivity index (χ3n) is 6.45. The van der Waals surface area contributed by atoms with Crippen LogP contribution >= 0.6 is 11.6 Å². The second kappa shape index (κ2) is 14.7. The number of carbonyl (C=O) groups is 3. The molecular formula is C33H40ClN3O4. The number of ether oxygens (including phenoxy) is 1. The largest absolute Gasteiger partial charge is 0.444 e. The van der Waals surface area contributed by atoms with E-state index < -0.39 is 29.7 Å². The van der Waals surface area contributed by atoms with Gasteiger partial charge in [-0.25, -0.2) is 4.79 Å². The molecule has 0 aromatic heterocycles. The van der Waals surface area contributed by atoms with Crippen molar-refractivity contribution in [1.82, 2.24) is 10.2 Å².